The lowest BCUT2D eigenvalue weighted by molar-refractivity contribution is 0.300. The van der Waals surface area contributed by atoms with Crippen LogP contribution in [0.2, 0.25) is 0 Å². The van der Waals surface area contributed by atoms with E-state index in [1.807, 2.05) is 24.3 Å². The Morgan fingerprint density at radius 1 is 0.950 bits per heavy atom. The number of hydrogen-bond donors (Lipinski definition) is 2. The summed E-state index contributed by atoms with van der Waals surface area (Å²) in [7, 11) is 0. The zero-order valence-corrected chi connectivity index (χ0v) is 12.5. The van der Waals surface area contributed by atoms with E-state index in [0.29, 0.717) is 6.42 Å². The summed E-state index contributed by atoms with van der Waals surface area (Å²) in [5.74, 6) is 0. The zero-order chi connectivity index (χ0) is 14.6. The first kappa shape index (κ1) is 14.6. The molecule has 2 rings (SSSR count). The predicted molar refractivity (Wildman–Crippen MR) is 85.7 cm³/mol. The Kier molecular flexibility index (Phi) is 4.46. The molecule has 0 spiro atoms. The van der Waals surface area contributed by atoms with Crippen LogP contribution in [0.3, 0.4) is 0 Å². The number of hydrogen-bond acceptors (Lipinski definition) is 2. The van der Waals surface area contributed by atoms with Gasteiger partial charge in [-0.1, -0.05) is 51.1 Å². The van der Waals surface area contributed by atoms with Crippen LogP contribution < -0.4 is 5.32 Å². The SMILES string of the molecule is CC(C)(C)c1ccc(Nc2ccccc2CCO)cc1. The van der Waals surface area contributed by atoms with Crippen molar-refractivity contribution in [1.82, 2.24) is 0 Å². The van der Waals surface area contributed by atoms with Crippen molar-refractivity contribution in [2.75, 3.05) is 11.9 Å². The molecule has 20 heavy (non-hydrogen) atoms. The molecule has 0 saturated heterocycles. The molecule has 0 aliphatic carbocycles. The van der Waals surface area contributed by atoms with Gasteiger partial charge in [-0.25, -0.2) is 0 Å². The van der Waals surface area contributed by atoms with E-state index in [1.54, 1.807) is 0 Å². The summed E-state index contributed by atoms with van der Waals surface area (Å²) < 4.78 is 0. The maximum atomic E-state index is 9.11. The third-order valence-electron chi connectivity index (χ3n) is 3.43. The highest BCUT2D eigenvalue weighted by Gasteiger charge is 2.12. The minimum atomic E-state index is 0.168. The normalized spacial score (nSPS) is 11.4. The van der Waals surface area contributed by atoms with Gasteiger partial charge >= 0.3 is 0 Å². The van der Waals surface area contributed by atoms with Gasteiger partial charge in [0.1, 0.15) is 0 Å². The molecule has 0 bridgehead atoms. The van der Waals surface area contributed by atoms with Gasteiger partial charge in [-0.05, 0) is 41.2 Å². The fourth-order valence-corrected chi connectivity index (χ4v) is 2.19. The quantitative estimate of drug-likeness (QED) is 0.869. The lowest BCUT2D eigenvalue weighted by atomic mass is 9.87. The van der Waals surface area contributed by atoms with E-state index in [0.717, 1.165) is 16.9 Å². The largest absolute Gasteiger partial charge is 0.396 e. The molecule has 0 atom stereocenters. The highest BCUT2D eigenvalue weighted by Crippen LogP contribution is 2.26. The molecular weight excluding hydrogens is 246 g/mol. The van der Waals surface area contributed by atoms with Crippen LogP contribution in [0.15, 0.2) is 48.5 Å². The van der Waals surface area contributed by atoms with Crippen molar-refractivity contribution >= 4 is 11.4 Å². The van der Waals surface area contributed by atoms with Gasteiger partial charge in [-0.3, -0.25) is 0 Å². The Morgan fingerprint density at radius 2 is 1.60 bits per heavy atom. The Balaban J connectivity index is 2.18. The Hall–Kier alpha value is -1.80. The van der Waals surface area contributed by atoms with Crippen LogP contribution >= 0.6 is 0 Å². The Morgan fingerprint density at radius 3 is 2.20 bits per heavy atom. The summed E-state index contributed by atoms with van der Waals surface area (Å²) in [4.78, 5) is 0. The maximum absolute atomic E-state index is 9.11. The van der Waals surface area contributed by atoms with Crippen LogP contribution in [0.5, 0.6) is 0 Å². The molecule has 0 fully saturated rings. The molecule has 106 valence electrons. The van der Waals surface area contributed by atoms with Gasteiger partial charge in [0.2, 0.25) is 0 Å². The monoisotopic (exact) mass is 269 g/mol. The van der Waals surface area contributed by atoms with Crippen molar-refractivity contribution in [2.45, 2.75) is 32.6 Å². The minimum Gasteiger partial charge on any atom is -0.396 e. The predicted octanol–water partition coefficient (Wildman–Crippen LogP) is 4.26. The van der Waals surface area contributed by atoms with E-state index in [1.165, 1.54) is 5.56 Å². The van der Waals surface area contributed by atoms with Crippen LogP contribution in [0.4, 0.5) is 11.4 Å². The minimum absolute atomic E-state index is 0.168. The molecule has 2 heteroatoms. The molecule has 2 aromatic carbocycles. The van der Waals surface area contributed by atoms with Gasteiger partial charge in [0.05, 0.1) is 0 Å². The molecule has 0 aromatic heterocycles. The Bertz CT molecular complexity index is 552. The topological polar surface area (TPSA) is 32.3 Å². The third-order valence-corrected chi connectivity index (χ3v) is 3.43. The Labute approximate surface area is 121 Å². The van der Waals surface area contributed by atoms with E-state index < -0.39 is 0 Å². The van der Waals surface area contributed by atoms with Gasteiger partial charge in [0, 0.05) is 18.0 Å². The van der Waals surface area contributed by atoms with Crippen LogP contribution in [-0.4, -0.2) is 11.7 Å². The number of nitrogens with one attached hydrogen (secondary N) is 1. The summed E-state index contributed by atoms with van der Waals surface area (Å²) in [6.07, 6.45) is 0.670. The average molecular weight is 269 g/mol. The second-order valence-electron chi connectivity index (χ2n) is 6.08. The van der Waals surface area contributed by atoms with Crippen molar-refractivity contribution in [2.24, 2.45) is 0 Å². The van der Waals surface area contributed by atoms with Crippen molar-refractivity contribution < 1.29 is 5.11 Å². The molecule has 2 N–H and O–H groups in total. The van der Waals surface area contributed by atoms with Gasteiger partial charge in [0.25, 0.3) is 0 Å². The number of benzene rings is 2. The van der Waals surface area contributed by atoms with Crippen molar-refractivity contribution in [3.05, 3.63) is 59.7 Å². The van der Waals surface area contributed by atoms with Crippen molar-refractivity contribution in [3.8, 4) is 0 Å². The molecule has 0 unspecified atom stereocenters. The molecule has 0 aliphatic rings. The number of aliphatic hydroxyl groups is 1. The molecule has 0 heterocycles. The van der Waals surface area contributed by atoms with Crippen LogP contribution in [-0.2, 0) is 11.8 Å². The summed E-state index contributed by atoms with van der Waals surface area (Å²) in [5.41, 5.74) is 4.77. The van der Waals surface area contributed by atoms with E-state index in [9.17, 15) is 0 Å². The van der Waals surface area contributed by atoms with E-state index in [4.69, 9.17) is 5.11 Å². The van der Waals surface area contributed by atoms with E-state index in [-0.39, 0.29) is 12.0 Å². The highest BCUT2D eigenvalue weighted by atomic mass is 16.2. The van der Waals surface area contributed by atoms with Crippen molar-refractivity contribution in [3.63, 3.8) is 0 Å². The molecule has 0 radical (unpaired) electrons. The summed E-state index contributed by atoms with van der Waals surface area (Å²) >= 11 is 0. The maximum Gasteiger partial charge on any atom is 0.0472 e. The molecule has 2 nitrogen and oxygen atoms in total. The molecule has 0 aliphatic heterocycles. The van der Waals surface area contributed by atoms with Crippen LogP contribution in [0, 0.1) is 0 Å². The summed E-state index contributed by atoms with van der Waals surface area (Å²) in [6.45, 7) is 6.81. The first-order valence-electron chi connectivity index (χ1n) is 7.07. The molecule has 2 aromatic rings. The zero-order valence-electron chi connectivity index (χ0n) is 12.5. The second-order valence-corrected chi connectivity index (χ2v) is 6.08. The van der Waals surface area contributed by atoms with E-state index in [2.05, 4.69) is 50.4 Å². The average Bonchev–Trinajstić information content (AvgIpc) is 2.41. The van der Waals surface area contributed by atoms with Gasteiger partial charge in [-0.2, -0.15) is 0 Å². The van der Waals surface area contributed by atoms with Gasteiger partial charge < -0.3 is 10.4 Å². The van der Waals surface area contributed by atoms with Gasteiger partial charge in [0.15, 0.2) is 0 Å². The fourth-order valence-electron chi connectivity index (χ4n) is 2.19. The molecule has 0 amide bonds. The van der Waals surface area contributed by atoms with Crippen LogP contribution in [0.25, 0.3) is 0 Å². The first-order chi connectivity index (χ1) is 9.50. The summed E-state index contributed by atoms with van der Waals surface area (Å²) in [6, 6.07) is 16.6. The van der Waals surface area contributed by atoms with E-state index >= 15 is 0 Å². The number of para-hydroxylation sites is 1. The fraction of sp³-hybridized carbons (Fsp3) is 0.333. The molecular formula is C18H23NO. The van der Waals surface area contributed by atoms with Crippen molar-refractivity contribution in [1.29, 1.82) is 0 Å². The highest BCUT2D eigenvalue weighted by molar-refractivity contribution is 5.63. The lowest BCUT2D eigenvalue weighted by Gasteiger charge is -2.19. The third kappa shape index (κ3) is 3.61. The number of anilines is 2. The first-order valence-corrected chi connectivity index (χ1v) is 7.07. The summed E-state index contributed by atoms with van der Waals surface area (Å²) in [5, 5.41) is 12.5. The lowest BCUT2D eigenvalue weighted by Crippen LogP contribution is -2.10. The standard InChI is InChI=1S/C18H23NO/c1-18(2,3)15-8-10-16(11-9-15)19-17-7-5-4-6-14(17)12-13-20/h4-11,19-20H,12-13H2,1-3H3. The number of rotatable bonds is 4. The van der Waals surface area contributed by atoms with Gasteiger partial charge in [-0.15, -0.1) is 0 Å². The second kappa shape index (κ2) is 6.10. The molecule has 0 saturated carbocycles. The van der Waals surface area contributed by atoms with Crippen LogP contribution in [0.1, 0.15) is 31.9 Å². The smallest absolute Gasteiger partial charge is 0.0472 e. The number of aliphatic hydroxyl groups excluding tert-OH is 1.